The van der Waals surface area contributed by atoms with Crippen molar-refractivity contribution < 1.29 is 4.79 Å². The highest BCUT2D eigenvalue weighted by atomic mass is 32.2. The number of hydrogen-bond donors (Lipinski definition) is 2. The van der Waals surface area contributed by atoms with E-state index in [4.69, 9.17) is 0 Å². The third kappa shape index (κ3) is 2.82. The number of amides is 2. The largest absolute Gasteiger partial charge is 0.341 e. The van der Waals surface area contributed by atoms with Gasteiger partial charge < -0.3 is 9.88 Å². The summed E-state index contributed by atoms with van der Waals surface area (Å²) < 4.78 is 4.71. The number of para-hydroxylation sites is 1. The average Bonchev–Trinajstić information content (AvgIpc) is 2.90. The Morgan fingerprint density at radius 2 is 1.88 bits per heavy atom. The van der Waals surface area contributed by atoms with Gasteiger partial charge in [0, 0.05) is 19.4 Å². The van der Waals surface area contributed by atoms with Crippen molar-refractivity contribution in [3.05, 3.63) is 48.8 Å². The molecule has 5 heteroatoms. The second-order valence-corrected chi connectivity index (χ2v) is 4.19. The molecule has 0 atom stereocenters. The first-order valence-corrected chi connectivity index (χ1v) is 6.00. The highest BCUT2D eigenvalue weighted by Gasteiger charge is 2.05. The predicted octanol–water partition coefficient (Wildman–Crippen LogP) is 2.41. The first-order valence-electron chi connectivity index (χ1n) is 5.18. The molecule has 0 aliphatic rings. The lowest BCUT2D eigenvalue weighted by Gasteiger charge is -2.10. The van der Waals surface area contributed by atoms with Crippen LogP contribution in [0.25, 0.3) is 5.69 Å². The van der Waals surface area contributed by atoms with Gasteiger partial charge in [-0.2, -0.15) is 0 Å². The number of hydrogen-bond acceptors (Lipinski definition) is 2. The first kappa shape index (κ1) is 11.6. The second-order valence-electron chi connectivity index (χ2n) is 3.34. The summed E-state index contributed by atoms with van der Waals surface area (Å²) >= 11 is 1.30. The molecule has 0 spiro atoms. The van der Waals surface area contributed by atoms with Crippen LogP contribution < -0.4 is 10.0 Å². The number of aromatic nitrogens is 1. The van der Waals surface area contributed by atoms with E-state index in [9.17, 15) is 4.79 Å². The number of rotatable bonds is 3. The molecule has 0 aliphatic heterocycles. The van der Waals surface area contributed by atoms with Crippen LogP contribution in [-0.4, -0.2) is 17.6 Å². The zero-order chi connectivity index (χ0) is 12.1. The Morgan fingerprint density at radius 3 is 2.59 bits per heavy atom. The molecule has 0 saturated heterocycles. The third-order valence-electron chi connectivity index (χ3n) is 2.23. The van der Waals surface area contributed by atoms with Crippen molar-refractivity contribution >= 4 is 18.0 Å². The topological polar surface area (TPSA) is 46.1 Å². The van der Waals surface area contributed by atoms with Gasteiger partial charge in [-0.1, -0.05) is 12.1 Å². The molecule has 2 rings (SSSR count). The summed E-state index contributed by atoms with van der Waals surface area (Å²) in [6.45, 7) is 0. The van der Waals surface area contributed by atoms with Gasteiger partial charge in [0.2, 0.25) is 0 Å². The van der Waals surface area contributed by atoms with Gasteiger partial charge >= 0.3 is 6.03 Å². The second kappa shape index (κ2) is 5.45. The van der Waals surface area contributed by atoms with Gasteiger partial charge in [-0.25, -0.2) is 4.79 Å². The fourth-order valence-corrected chi connectivity index (χ4v) is 2.13. The Morgan fingerprint density at radius 1 is 1.18 bits per heavy atom. The highest BCUT2D eigenvalue weighted by Crippen LogP contribution is 2.23. The Hall–Kier alpha value is -1.88. The van der Waals surface area contributed by atoms with Gasteiger partial charge in [-0.3, -0.25) is 4.72 Å². The van der Waals surface area contributed by atoms with Crippen molar-refractivity contribution in [3.63, 3.8) is 0 Å². The first-order chi connectivity index (χ1) is 8.31. The number of nitrogens with zero attached hydrogens (tertiary/aromatic N) is 1. The van der Waals surface area contributed by atoms with Crippen molar-refractivity contribution in [2.75, 3.05) is 7.05 Å². The van der Waals surface area contributed by atoms with Crippen LogP contribution in [0.4, 0.5) is 4.79 Å². The van der Waals surface area contributed by atoms with Crippen LogP contribution in [0.5, 0.6) is 0 Å². The molecule has 2 N–H and O–H groups in total. The summed E-state index contributed by atoms with van der Waals surface area (Å²) in [7, 11) is 1.59. The maximum Gasteiger partial charge on any atom is 0.324 e. The van der Waals surface area contributed by atoms with Gasteiger partial charge in [0.15, 0.2) is 0 Å². The van der Waals surface area contributed by atoms with E-state index in [0.29, 0.717) is 0 Å². The normalized spacial score (nSPS) is 9.94. The predicted molar refractivity (Wildman–Crippen MR) is 69.2 cm³/mol. The standard InChI is InChI=1S/C12H13N3OS/c1-13-12(16)14-17-11-7-3-2-6-10(11)15-8-4-5-9-15/h2-9H,1H3,(H2,13,14,16). The van der Waals surface area contributed by atoms with Crippen LogP contribution >= 0.6 is 11.9 Å². The van der Waals surface area contributed by atoms with E-state index in [-0.39, 0.29) is 6.03 Å². The summed E-state index contributed by atoms with van der Waals surface area (Å²) in [4.78, 5) is 12.1. The van der Waals surface area contributed by atoms with E-state index < -0.39 is 0 Å². The molecule has 1 aromatic heterocycles. The van der Waals surface area contributed by atoms with Crippen LogP contribution in [-0.2, 0) is 0 Å². The van der Waals surface area contributed by atoms with Crippen LogP contribution in [0.1, 0.15) is 0 Å². The molecule has 2 amide bonds. The average molecular weight is 247 g/mol. The lowest BCUT2D eigenvalue weighted by Crippen LogP contribution is -2.27. The van der Waals surface area contributed by atoms with E-state index in [1.807, 2.05) is 53.4 Å². The Bertz CT molecular complexity index is 496. The summed E-state index contributed by atoms with van der Waals surface area (Å²) in [5, 5.41) is 2.51. The van der Waals surface area contributed by atoms with E-state index in [1.165, 1.54) is 11.9 Å². The van der Waals surface area contributed by atoms with Crippen LogP contribution in [0.2, 0.25) is 0 Å². The van der Waals surface area contributed by atoms with E-state index in [2.05, 4.69) is 10.0 Å². The van der Waals surface area contributed by atoms with E-state index >= 15 is 0 Å². The molecule has 0 fully saturated rings. The number of carbonyl (C=O) groups is 1. The molecule has 0 aliphatic carbocycles. The molecule has 0 unspecified atom stereocenters. The lowest BCUT2D eigenvalue weighted by molar-refractivity contribution is 0.248. The Balaban J connectivity index is 2.20. The zero-order valence-electron chi connectivity index (χ0n) is 9.38. The smallest absolute Gasteiger partial charge is 0.324 e. The van der Waals surface area contributed by atoms with Crippen molar-refractivity contribution in [2.45, 2.75) is 4.90 Å². The summed E-state index contributed by atoms with van der Waals surface area (Å²) in [6, 6.07) is 11.6. The minimum Gasteiger partial charge on any atom is -0.341 e. The van der Waals surface area contributed by atoms with Crippen LogP contribution in [0.15, 0.2) is 53.7 Å². The fourth-order valence-electron chi connectivity index (χ4n) is 1.40. The third-order valence-corrected chi connectivity index (χ3v) is 3.08. The summed E-state index contributed by atoms with van der Waals surface area (Å²) in [6.07, 6.45) is 3.94. The van der Waals surface area contributed by atoms with Crippen molar-refractivity contribution in [2.24, 2.45) is 0 Å². The zero-order valence-corrected chi connectivity index (χ0v) is 10.2. The number of carbonyl (C=O) groups excluding carboxylic acids is 1. The molecule has 2 aromatic rings. The maximum atomic E-state index is 11.1. The van der Waals surface area contributed by atoms with Crippen LogP contribution in [0, 0.1) is 0 Å². The molecular formula is C12H13N3OS. The number of benzene rings is 1. The van der Waals surface area contributed by atoms with Crippen molar-refractivity contribution in [3.8, 4) is 5.69 Å². The van der Waals surface area contributed by atoms with Gasteiger partial charge in [0.1, 0.15) is 0 Å². The number of urea groups is 1. The lowest BCUT2D eigenvalue weighted by atomic mass is 10.3. The van der Waals surface area contributed by atoms with Gasteiger partial charge in [0.25, 0.3) is 0 Å². The quantitative estimate of drug-likeness (QED) is 0.818. The molecule has 1 heterocycles. The minimum atomic E-state index is -0.211. The fraction of sp³-hybridized carbons (Fsp3) is 0.0833. The molecule has 1 aromatic carbocycles. The van der Waals surface area contributed by atoms with Gasteiger partial charge in [-0.15, -0.1) is 0 Å². The van der Waals surface area contributed by atoms with E-state index in [1.54, 1.807) is 7.05 Å². The van der Waals surface area contributed by atoms with Gasteiger partial charge in [0.05, 0.1) is 10.6 Å². The molecule has 88 valence electrons. The van der Waals surface area contributed by atoms with Crippen LogP contribution in [0.3, 0.4) is 0 Å². The molecule has 0 bridgehead atoms. The molecule has 17 heavy (non-hydrogen) atoms. The molecule has 0 radical (unpaired) electrons. The number of nitrogens with one attached hydrogen (secondary N) is 2. The minimum absolute atomic E-state index is 0.211. The SMILES string of the molecule is CNC(=O)NSc1ccccc1-n1cccc1. The van der Waals surface area contributed by atoms with Crippen molar-refractivity contribution in [1.29, 1.82) is 0 Å². The Kier molecular flexibility index (Phi) is 3.72. The Labute approximate surface area is 104 Å². The molecular weight excluding hydrogens is 234 g/mol. The summed E-state index contributed by atoms with van der Waals surface area (Å²) in [5.74, 6) is 0. The molecule has 4 nitrogen and oxygen atoms in total. The monoisotopic (exact) mass is 247 g/mol. The van der Waals surface area contributed by atoms with E-state index in [0.717, 1.165) is 10.6 Å². The maximum absolute atomic E-state index is 11.1. The summed E-state index contributed by atoms with van der Waals surface area (Å²) in [5.41, 5.74) is 1.04. The highest BCUT2D eigenvalue weighted by molar-refractivity contribution is 7.98. The van der Waals surface area contributed by atoms with Crippen molar-refractivity contribution in [1.82, 2.24) is 14.6 Å². The van der Waals surface area contributed by atoms with Gasteiger partial charge in [-0.05, 0) is 36.2 Å². The molecule has 0 saturated carbocycles.